The van der Waals surface area contributed by atoms with Crippen molar-refractivity contribution in [3.05, 3.63) is 29.8 Å². The zero-order chi connectivity index (χ0) is 21.1. The SMILES string of the molecule is CC(=O)O[C@@H](C(=O)O)[C@H]1OCCN(c2cccc(C(=O)N3CC[C@@H](O)C3)c2)C1=O. The molecule has 3 rings (SSSR count). The monoisotopic (exact) mass is 406 g/mol. The number of amides is 2. The average Bonchev–Trinajstić information content (AvgIpc) is 3.12. The zero-order valence-electron chi connectivity index (χ0n) is 15.8. The normalized spacial score (nSPS) is 23.0. The van der Waals surface area contributed by atoms with Crippen molar-refractivity contribution in [2.45, 2.75) is 31.7 Å². The Morgan fingerprint density at radius 3 is 2.66 bits per heavy atom. The average molecular weight is 406 g/mol. The first-order valence-corrected chi connectivity index (χ1v) is 9.18. The first-order valence-electron chi connectivity index (χ1n) is 9.18. The number of ether oxygens (including phenoxy) is 2. The molecule has 10 nitrogen and oxygen atoms in total. The summed E-state index contributed by atoms with van der Waals surface area (Å²) in [4.78, 5) is 51.0. The zero-order valence-corrected chi connectivity index (χ0v) is 15.8. The van der Waals surface area contributed by atoms with Crippen molar-refractivity contribution in [1.29, 1.82) is 0 Å². The van der Waals surface area contributed by atoms with Gasteiger partial charge in [-0.2, -0.15) is 0 Å². The molecule has 3 atom stereocenters. The van der Waals surface area contributed by atoms with E-state index in [4.69, 9.17) is 9.47 Å². The number of esters is 1. The van der Waals surface area contributed by atoms with E-state index in [9.17, 15) is 29.4 Å². The molecular formula is C19H22N2O8. The van der Waals surface area contributed by atoms with Gasteiger partial charge in [0.25, 0.3) is 11.8 Å². The van der Waals surface area contributed by atoms with E-state index in [2.05, 4.69) is 0 Å². The number of carbonyl (C=O) groups is 4. The molecule has 2 amide bonds. The van der Waals surface area contributed by atoms with Crippen LogP contribution in [-0.4, -0.2) is 83.4 Å². The highest BCUT2D eigenvalue weighted by Crippen LogP contribution is 2.24. The van der Waals surface area contributed by atoms with Crippen molar-refractivity contribution >= 4 is 29.4 Å². The van der Waals surface area contributed by atoms with Crippen LogP contribution in [0.5, 0.6) is 0 Å². The van der Waals surface area contributed by atoms with Crippen molar-refractivity contribution in [1.82, 2.24) is 4.90 Å². The molecule has 2 N–H and O–H groups in total. The second-order valence-corrected chi connectivity index (χ2v) is 6.89. The lowest BCUT2D eigenvalue weighted by Crippen LogP contribution is -2.55. The predicted octanol–water partition coefficient (Wildman–Crippen LogP) is -0.358. The quantitative estimate of drug-likeness (QED) is 0.634. The molecule has 0 saturated carbocycles. The maximum atomic E-state index is 12.9. The van der Waals surface area contributed by atoms with Crippen molar-refractivity contribution < 1.29 is 38.9 Å². The van der Waals surface area contributed by atoms with Crippen molar-refractivity contribution in [2.24, 2.45) is 0 Å². The fourth-order valence-corrected chi connectivity index (χ4v) is 3.42. The molecule has 2 aliphatic heterocycles. The maximum Gasteiger partial charge on any atom is 0.348 e. The van der Waals surface area contributed by atoms with E-state index >= 15 is 0 Å². The van der Waals surface area contributed by atoms with E-state index in [-0.39, 0.29) is 25.6 Å². The van der Waals surface area contributed by atoms with Gasteiger partial charge in [-0.15, -0.1) is 0 Å². The number of carboxylic acids is 1. The van der Waals surface area contributed by atoms with E-state index in [0.29, 0.717) is 24.2 Å². The Hall–Kier alpha value is -2.98. The van der Waals surface area contributed by atoms with Crippen LogP contribution in [0.1, 0.15) is 23.7 Å². The second-order valence-electron chi connectivity index (χ2n) is 6.89. The van der Waals surface area contributed by atoms with Crippen molar-refractivity contribution in [3.8, 4) is 0 Å². The van der Waals surface area contributed by atoms with Gasteiger partial charge in [0.05, 0.1) is 12.7 Å². The van der Waals surface area contributed by atoms with Gasteiger partial charge in [-0.1, -0.05) is 6.07 Å². The smallest absolute Gasteiger partial charge is 0.348 e. The first kappa shape index (κ1) is 20.7. The van der Waals surface area contributed by atoms with Crippen LogP contribution < -0.4 is 4.90 Å². The number of carbonyl (C=O) groups excluding carboxylic acids is 3. The summed E-state index contributed by atoms with van der Waals surface area (Å²) < 4.78 is 10.0. The van der Waals surface area contributed by atoms with Gasteiger partial charge in [-0.05, 0) is 24.6 Å². The number of aliphatic carboxylic acids is 1. The van der Waals surface area contributed by atoms with Crippen LogP contribution in [0.25, 0.3) is 0 Å². The molecule has 2 heterocycles. The van der Waals surface area contributed by atoms with Gasteiger partial charge in [-0.25, -0.2) is 4.79 Å². The summed E-state index contributed by atoms with van der Waals surface area (Å²) in [6.07, 6.45) is -3.28. The van der Waals surface area contributed by atoms with Gasteiger partial charge in [0, 0.05) is 37.8 Å². The van der Waals surface area contributed by atoms with E-state index in [1.807, 2.05) is 0 Å². The fourth-order valence-electron chi connectivity index (χ4n) is 3.42. The van der Waals surface area contributed by atoms with Gasteiger partial charge in [0.1, 0.15) is 0 Å². The number of nitrogens with zero attached hydrogens (tertiary/aromatic N) is 2. The molecular weight excluding hydrogens is 384 g/mol. The molecule has 0 radical (unpaired) electrons. The number of carboxylic acid groups (broad SMARTS) is 1. The molecule has 156 valence electrons. The number of hydrogen-bond donors (Lipinski definition) is 2. The summed E-state index contributed by atoms with van der Waals surface area (Å²) in [5.41, 5.74) is 0.753. The minimum absolute atomic E-state index is 0.0396. The molecule has 2 aliphatic rings. The Labute approximate surface area is 166 Å². The molecule has 0 spiro atoms. The lowest BCUT2D eigenvalue weighted by Gasteiger charge is -2.34. The number of β-amino-alcohol motifs (C(OH)–C–C–N with tert-alkyl or cyclic N) is 1. The Balaban J connectivity index is 1.81. The summed E-state index contributed by atoms with van der Waals surface area (Å²) in [6.45, 7) is 1.95. The minimum atomic E-state index is -1.77. The fraction of sp³-hybridized carbons (Fsp3) is 0.474. The summed E-state index contributed by atoms with van der Waals surface area (Å²) in [5, 5.41) is 18.9. The van der Waals surface area contributed by atoms with E-state index in [0.717, 1.165) is 6.92 Å². The van der Waals surface area contributed by atoms with Crippen LogP contribution in [0.3, 0.4) is 0 Å². The van der Waals surface area contributed by atoms with E-state index < -0.39 is 36.2 Å². The Kier molecular flexibility index (Phi) is 6.14. The number of hydrogen-bond acceptors (Lipinski definition) is 7. The van der Waals surface area contributed by atoms with Gasteiger partial charge in [0.15, 0.2) is 6.10 Å². The number of likely N-dealkylation sites (tertiary alicyclic amines) is 1. The first-order chi connectivity index (χ1) is 13.8. The van der Waals surface area contributed by atoms with Crippen LogP contribution in [0, 0.1) is 0 Å². The second kappa shape index (κ2) is 8.58. The molecule has 1 aromatic carbocycles. The van der Waals surface area contributed by atoms with E-state index in [1.165, 1.54) is 15.9 Å². The van der Waals surface area contributed by atoms with Crippen LogP contribution >= 0.6 is 0 Å². The molecule has 0 unspecified atom stereocenters. The molecule has 1 aromatic rings. The standard InChI is InChI=1S/C19H22N2O8/c1-11(22)29-16(19(26)27)15-18(25)21(7-8-28-15)13-4-2-3-12(9-13)17(24)20-6-5-14(23)10-20/h2-4,9,14-16,23H,5-8,10H2,1H3,(H,26,27)/t14-,15-,16-/m1/s1. The molecule has 10 heteroatoms. The summed E-state index contributed by atoms with van der Waals surface area (Å²) in [6, 6.07) is 6.39. The van der Waals surface area contributed by atoms with Crippen molar-refractivity contribution in [2.75, 3.05) is 31.1 Å². The summed E-state index contributed by atoms with van der Waals surface area (Å²) in [7, 11) is 0. The molecule has 0 bridgehead atoms. The number of aliphatic hydroxyl groups is 1. The third-order valence-electron chi connectivity index (χ3n) is 4.79. The molecule has 2 fully saturated rings. The number of aliphatic hydroxyl groups excluding tert-OH is 1. The minimum Gasteiger partial charge on any atom is -0.478 e. The van der Waals surface area contributed by atoms with Gasteiger partial charge in [0.2, 0.25) is 6.10 Å². The van der Waals surface area contributed by atoms with Crippen LogP contribution in [0.15, 0.2) is 24.3 Å². The third kappa shape index (κ3) is 4.54. The molecule has 0 aliphatic carbocycles. The molecule has 0 aromatic heterocycles. The van der Waals surface area contributed by atoms with Crippen LogP contribution in [0.4, 0.5) is 5.69 Å². The highest BCUT2D eigenvalue weighted by Gasteiger charge is 2.42. The highest BCUT2D eigenvalue weighted by molar-refractivity contribution is 6.02. The highest BCUT2D eigenvalue weighted by atomic mass is 16.6. The van der Waals surface area contributed by atoms with Crippen molar-refractivity contribution in [3.63, 3.8) is 0 Å². The van der Waals surface area contributed by atoms with Gasteiger partial charge < -0.3 is 29.5 Å². The summed E-state index contributed by atoms with van der Waals surface area (Å²) in [5.74, 6) is -3.27. The van der Waals surface area contributed by atoms with Gasteiger partial charge in [-0.3, -0.25) is 14.4 Å². The molecule has 29 heavy (non-hydrogen) atoms. The molecule has 2 saturated heterocycles. The topological polar surface area (TPSA) is 134 Å². The lowest BCUT2D eigenvalue weighted by atomic mass is 10.1. The van der Waals surface area contributed by atoms with E-state index in [1.54, 1.807) is 18.2 Å². The third-order valence-corrected chi connectivity index (χ3v) is 4.79. The summed E-state index contributed by atoms with van der Waals surface area (Å²) >= 11 is 0. The van der Waals surface area contributed by atoms with Gasteiger partial charge >= 0.3 is 11.9 Å². The predicted molar refractivity (Wildman–Crippen MR) is 98.3 cm³/mol. The maximum absolute atomic E-state index is 12.9. The number of anilines is 1. The lowest BCUT2D eigenvalue weighted by molar-refractivity contribution is -0.177. The Morgan fingerprint density at radius 1 is 1.28 bits per heavy atom. The van der Waals surface area contributed by atoms with Crippen LogP contribution in [-0.2, 0) is 23.9 Å². The number of benzene rings is 1. The Bertz CT molecular complexity index is 826. The Morgan fingerprint density at radius 2 is 2.03 bits per heavy atom. The van der Waals surface area contributed by atoms with Crippen LogP contribution in [0.2, 0.25) is 0 Å². The number of rotatable bonds is 5. The largest absolute Gasteiger partial charge is 0.478 e. The number of morpholine rings is 1.